The third-order valence-corrected chi connectivity index (χ3v) is 3.99. The Balaban J connectivity index is 1.99. The molecule has 5 nitrogen and oxygen atoms in total. The van der Waals surface area contributed by atoms with Crippen LogP contribution in [0.5, 0.6) is 5.75 Å². The summed E-state index contributed by atoms with van der Waals surface area (Å²) in [4.78, 5) is 13.6. The number of aliphatic hydroxyl groups excluding tert-OH is 1. The number of likely N-dealkylation sites (N-methyl/N-ethyl adjacent to an activating group) is 1. The molecule has 0 aliphatic heterocycles. The molecule has 2 amide bonds. The van der Waals surface area contributed by atoms with Gasteiger partial charge in [-0.05, 0) is 37.1 Å². The molecule has 0 bridgehead atoms. The minimum absolute atomic E-state index is 0.0799. The van der Waals surface area contributed by atoms with E-state index in [-0.39, 0.29) is 18.7 Å². The Bertz CT molecular complexity index is 688. The Morgan fingerprint density at radius 1 is 1.25 bits per heavy atom. The summed E-state index contributed by atoms with van der Waals surface area (Å²) in [7, 11) is 1.65. The lowest BCUT2D eigenvalue weighted by molar-refractivity contribution is 0.166. The van der Waals surface area contributed by atoms with Crippen LogP contribution in [0.1, 0.15) is 18.1 Å². The Hall–Kier alpha value is -2.53. The lowest BCUT2D eigenvalue weighted by atomic mass is 10.1. The molecule has 1 atom stereocenters. The molecule has 0 aliphatic rings. The zero-order valence-corrected chi connectivity index (χ0v) is 14.3. The van der Waals surface area contributed by atoms with E-state index in [1.165, 1.54) is 10.5 Å². The van der Waals surface area contributed by atoms with E-state index in [1.807, 2.05) is 43.3 Å². The summed E-state index contributed by atoms with van der Waals surface area (Å²) in [6.07, 6.45) is 0. The van der Waals surface area contributed by atoms with E-state index in [9.17, 15) is 4.79 Å². The van der Waals surface area contributed by atoms with Crippen LogP contribution in [-0.4, -0.2) is 35.7 Å². The van der Waals surface area contributed by atoms with Gasteiger partial charge in [0.25, 0.3) is 0 Å². The van der Waals surface area contributed by atoms with E-state index < -0.39 is 0 Å². The number of hydrogen-bond acceptors (Lipinski definition) is 3. The van der Waals surface area contributed by atoms with Gasteiger partial charge < -0.3 is 20.1 Å². The van der Waals surface area contributed by atoms with Gasteiger partial charge in [-0.3, -0.25) is 0 Å². The van der Waals surface area contributed by atoms with E-state index in [4.69, 9.17) is 9.84 Å². The lowest BCUT2D eigenvalue weighted by Gasteiger charge is -2.23. The summed E-state index contributed by atoms with van der Waals surface area (Å²) in [5.41, 5.74) is 2.96. The topological polar surface area (TPSA) is 61.8 Å². The van der Waals surface area contributed by atoms with Crippen LogP contribution in [0.15, 0.2) is 48.5 Å². The van der Waals surface area contributed by atoms with Gasteiger partial charge in [-0.15, -0.1) is 0 Å². The van der Waals surface area contributed by atoms with Crippen LogP contribution >= 0.6 is 0 Å². The number of nitrogens with zero attached hydrogens (tertiary/aromatic N) is 1. The molecule has 24 heavy (non-hydrogen) atoms. The summed E-state index contributed by atoms with van der Waals surface area (Å²) >= 11 is 0. The van der Waals surface area contributed by atoms with Crippen LogP contribution in [0.3, 0.4) is 0 Å². The van der Waals surface area contributed by atoms with Gasteiger partial charge in [-0.2, -0.15) is 0 Å². The normalized spacial score (nSPS) is 11.7. The number of aryl methyl sites for hydroxylation is 1. The molecule has 128 valence electrons. The van der Waals surface area contributed by atoms with Crippen molar-refractivity contribution in [3.05, 3.63) is 59.7 Å². The number of hydrogen-bond donors (Lipinski definition) is 2. The first-order valence-corrected chi connectivity index (χ1v) is 7.93. The molecule has 0 saturated carbocycles. The first-order chi connectivity index (χ1) is 11.5. The number of ether oxygens (including phenoxy) is 1. The van der Waals surface area contributed by atoms with E-state index in [1.54, 1.807) is 26.1 Å². The molecule has 0 radical (unpaired) electrons. The minimum Gasteiger partial charge on any atom is -0.489 e. The first-order valence-electron chi connectivity index (χ1n) is 7.93. The number of aliphatic hydroxyl groups is 1. The predicted molar refractivity (Wildman–Crippen MR) is 95.3 cm³/mol. The Morgan fingerprint density at radius 3 is 2.71 bits per heavy atom. The molecule has 2 aromatic carbocycles. The molecular formula is C19H24N2O3. The molecule has 2 aromatic rings. The number of urea groups is 1. The molecule has 1 unspecified atom stereocenters. The maximum absolute atomic E-state index is 12.1. The van der Waals surface area contributed by atoms with Gasteiger partial charge in [-0.25, -0.2) is 4.79 Å². The summed E-state index contributed by atoms with van der Waals surface area (Å²) in [5, 5.41) is 11.9. The second kappa shape index (κ2) is 8.36. The standard InChI is InChI=1S/C19H24N2O3/c1-14-7-4-5-8-16(14)13-24-18-10-6-9-17(11-18)20-19(23)21(3)15(2)12-22/h4-11,15,22H,12-13H2,1-3H3,(H,20,23). The number of carbonyl (C=O) groups excluding carboxylic acids is 1. The van der Waals surface area contributed by atoms with Crippen LogP contribution in [0, 0.1) is 6.92 Å². The van der Waals surface area contributed by atoms with Crippen molar-refractivity contribution in [2.75, 3.05) is 19.0 Å². The van der Waals surface area contributed by atoms with Crippen LogP contribution in [0.2, 0.25) is 0 Å². The Labute approximate surface area is 142 Å². The lowest BCUT2D eigenvalue weighted by Crippen LogP contribution is -2.40. The zero-order chi connectivity index (χ0) is 17.5. The maximum atomic E-state index is 12.1. The third kappa shape index (κ3) is 4.73. The fourth-order valence-electron chi connectivity index (χ4n) is 2.13. The first kappa shape index (κ1) is 17.8. The number of carbonyl (C=O) groups is 1. The Kier molecular flexibility index (Phi) is 6.21. The average Bonchev–Trinajstić information content (AvgIpc) is 2.60. The highest BCUT2D eigenvalue weighted by Crippen LogP contribution is 2.20. The molecule has 0 spiro atoms. The van der Waals surface area contributed by atoms with E-state index in [0.717, 1.165) is 5.56 Å². The molecule has 0 aromatic heterocycles. The van der Waals surface area contributed by atoms with Crippen molar-refractivity contribution in [2.24, 2.45) is 0 Å². The van der Waals surface area contributed by atoms with Gasteiger partial charge >= 0.3 is 6.03 Å². The highest BCUT2D eigenvalue weighted by Gasteiger charge is 2.14. The summed E-state index contributed by atoms with van der Waals surface area (Å²) in [5.74, 6) is 0.689. The van der Waals surface area contributed by atoms with Crippen molar-refractivity contribution in [3.8, 4) is 5.75 Å². The van der Waals surface area contributed by atoms with Crippen LogP contribution < -0.4 is 10.1 Å². The number of rotatable bonds is 6. The average molecular weight is 328 g/mol. The van der Waals surface area contributed by atoms with E-state index >= 15 is 0 Å². The number of nitrogens with one attached hydrogen (secondary N) is 1. The van der Waals surface area contributed by atoms with Crippen molar-refractivity contribution in [1.29, 1.82) is 0 Å². The van der Waals surface area contributed by atoms with Gasteiger partial charge in [0, 0.05) is 18.8 Å². The van der Waals surface area contributed by atoms with Gasteiger partial charge in [0.2, 0.25) is 0 Å². The number of anilines is 1. The van der Waals surface area contributed by atoms with Crippen molar-refractivity contribution < 1.29 is 14.6 Å². The van der Waals surface area contributed by atoms with Crippen LogP contribution in [0.4, 0.5) is 10.5 Å². The second-order valence-corrected chi connectivity index (χ2v) is 5.82. The van der Waals surface area contributed by atoms with Crippen molar-refractivity contribution in [1.82, 2.24) is 4.90 Å². The molecule has 2 rings (SSSR count). The fraction of sp³-hybridized carbons (Fsp3) is 0.316. The van der Waals surface area contributed by atoms with E-state index in [0.29, 0.717) is 18.0 Å². The van der Waals surface area contributed by atoms with Crippen molar-refractivity contribution >= 4 is 11.7 Å². The number of benzene rings is 2. The van der Waals surface area contributed by atoms with Crippen molar-refractivity contribution in [3.63, 3.8) is 0 Å². The van der Waals surface area contributed by atoms with Gasteiger partial charge in [-0.1, -0.05) is 30.3 Å². The summed E-state index contributed by atoms with van der Waals surface area (Å²) in [6.45, 7) is 4.23. The highest BCUT2D eigenvalue weighted by atomic mass is 16.5. The fourth-order valence-corrected chi connectivity index (χ4v) is 2.13. The molecule has 0 heterocycles. The maximum Gasteiger partial charge on any atom is 0.321 e. The minimum atomic E-state index is -0.271. The molecule has 0 saturated heterocycles. The van der Waals surface area contributed by atoms with Gasteiger partial charge in [0.15, 0.2) is 0 Å². The second-order valence-electron chi connectivity index (χ2n) is 5.82. The molecule has 5 heteroatoms. The SMILES string of the molecule is Cc1ccccc1COc1cccc(NC(=O)N(C)C(C)CO)c1. The van der Waals surface area contributed by atoms with Gasteiger partial charge in [0.05, 0.1) is 12.6 Å². The Morgan fingerprint density at radius 2 is 2.00 bits per heavy atom. The third-order valence-electron chi connectivity index (χ3n) is 3.99. The molecular weight excluding hydrogens is 304 g/mol. The van der Waals surface area contributed by atoms with Crippen LogP contribution in [-0.2, 0) is 6.61 Å². The summed E-state index contributed by atoms with van der Waals surface area (Å²) in [6, 6.07) is 14.8. The summed E-state index contributed by atoms with van der Waals surface area (Å²) < 4.78 is 5.82. The zero-order valence-electron chi connectivity index (χ0n) is 14.3. The van der Waals surface area contributed by atoms with Crippen LogP contribution in [0.25, 0.3) is 0 Å². The highest BCUT2D eigenvalue weighted by molar-refractivity contribution is 5.89. The molecule has 0 fully saturated rings. The number of amides is 2. The van der Waals surface area contributed by atoms with Crippen molar-refractivity contribution in [2.45, 2.75) is 26.5 Å². The smallest absolute Gasteiger partial charge is 0.321 e. The largest absolute Gasteiger partial charge is 0.489 e. The quantitative estimate of drug-likeness (QED) is 0.854. The molecule has 2 N–H and O–H groups in total. The predicted octanol–water partition coefficient (Wildman–Crippen LogP) is 3.42. The van der Waals surface area contributed by atoms with Gasteiger partial charge in [0.1, 0.15) is 12.4 Å². The van der Waals surface area contributed by atoms with E-state index in [2.05, 4.69) is 5.32 Å². The monoisotopic (exact) mass is 328 g/mol. The molecule has 0 aliphatic carbocycles.